The summed E-state index contributed by atoms with van der Waals surface area (Å²) in [5, 5.41) is 26.4. The quantitative estimate of drug-likeness (QED) is 0.170. The van der Waals surface area contributed by atoms with Crippen molar-refractivity contribution in [3.8, 4) is 22.3 Å². The highest BCUT2D eigenvalue weighted by atomic mass is 32.1. The number of para-hydroxylation sites is 8. The van der Waals surface area contributed by atoms with Gasteiger partial charge in [-0.05, 0) is 160 Å². The zero-order valence-corrected chi connectivity index (χ0v) is 66.4. The minimum atomic E-state index is 0.905. The van der Waals surface area contributed by atoms with Crippen LogP contribution in [0.5, 0.6) is 0 Å². The normalized spacial score (nSPS) is 12.7. The van der Waals surface area contributed by atoms with Gasteiger partial charge in [0.25, 0.3) is 0 Å². The van der Waals surface area contributed by atoms with Crippen LogP contribution in [0, 0.1) is 0 Å². The lowest BCUT2D eigenvalue weighted by atomic mass is 9.98. The molecule has 0 amide bonds. The van der Waals surface area contributed by atoms with Crippen LogP contribution in [0.25, 0.3) is 284 Å². The van der Waals surface area contributed by atoms with Gasteiger partial charge in [0.1, 0.15) is 27.7 Å². The lowest BCUT2D eigenvalue weighted by Gasteiger charge is -2.05. The second-order valence-corrected chi connectivity index (χ2v) is 36.1. The molecule has 14 heterocycles. The van der Waals surface area contributed by atoms with Crippen molar-refractivity contribution in [3.63, 3.8) is 0 Å². The van der Waals surface area contributed by atoms with Crippen molar-refractivity contribution >= 4 is 307 Å². The molecular formula is C106H53N9OS4. The van der Waals surface area contributed by atoms with E-state index in [1.807, 2.05) is 106 Å². The van der Waals surface area contributed by atoms with Crippen molar-refractivity contribution in [2.75, 3.05) is 0 Å². The number of thiophene rings is 4. The molecule has 14 aromatic heterocycles. The van der Waals surface area contributed by atoms with Gasteiger partial charge >= 0.3 is 0 Å². The van der Waals surface area contributed by atoms with E-state index in [1.54, 1.807) is 0 Å². The largest absolute Gasteiger partial charge is 0.456 e. The minimum Gasteiger partial charge on any atom is -0.456 e. The maximum Gasteiger partial charge on any atom is 0.165 e. The van der Waals surface area contributed by atoms with Gasteiger partial charge in [0.15, 0.2) is 16.9 Å². The van der Waals surface area contributed by atoms with Crippen LogP contribution in [0.1, 0.15) is 0 Å². The Labute approximate surface area is 692 Å². The van der Waals surface area contributed by atoms with Gasteiger partial charge in [-0.1, -0.05) is 194 Å². The number of rotatable bonds is 2. The summed E-state index contributed by atoms with van der Waals surface area (Å²) in [5.74, 6) is 0. The highest BCUT2D eigenvalue weighted by molar-refractivity contribution is 7.27. The van der Waals surface area contributed by atoms with Crippen molar-refractivity contribution in [3.05, 3.63) is 322 Å². The number of benzene rings is 17. The first kappa shape index (κ1) is 64.3. The summed E-state index contributed by atoms with van der Waals surface area (Å²) in [6.45, 7) is 0. The molecule has 0 unspecified atom stereocenters. The summed E-state index contributed by atoms with van der Waals surface area (Å²) in [4.78, 5) is 31.1. The predicted molar refractivity (Wildman–Crippen MR) is 510 cm³/mol. The molecule has 31 aromatic rings. The first-order valence-electron chi connectivity index (χ1n) is 40.3. The molecule has 17 aromatic carbocycles. The van der Waals surface area contributed by atoms with E-state index in [2.05, 4.69) is 274 Å². The van der Waals surface area contributed by atoms with E-state index in [0.29, 0.717) is 0 Å². The fourth-order valence-electron chi connectivity index (χ4n) is 20.3. The maximum atomic E-state index is 6.14. The SMILES string of the molecule is c1ccc2c(c1)ccc1sc3ccc4c(c5cccc6c7nc8ccccc8nc7n4c65)c3c12.c1ccc2nc3c(nc2c1)c1cc(-c2ccc4oc5ccccc5c4c2)cc2c4ccc5c6ccccc6sc5c4n3c21.c1ccc2nc3c(nc2c1)c1cc(-c2ccc4sc5ccccc5c4c2)cc2c4ccc5c6ccccc6sc5c4n3c21. The van der Waals surface area contributed by atoms with E-state index in [0.717, 1.165) is 110 Å². The number of aromatic nitrogens is 9. The highest BCUT2D eigenvalue weighted by Gasteiger charge is 2.29. The fraction of sp³-hybridized carbons (Fsp3) is 0. The molecule has 0 radical (unpaired) electrons. The second kappa shape index (κ2) is 23.5. The first-order valence-corrected chi connectivity index (χ1v) is 43.5. The topological polar surface area (TPSA) is 104 Å². The van der Waals surface area contributed by atoms with Gasteiger partial charge in [0, 0.05) is 131 Å². The number of fused-ring (bicyclic) bond motifs is 41. The summed E-state index contributed by atoms with van der Waals surface area (Å²) >= 11 is 7.48. The van der Waals surface area contributed by atoms with Crippen molar-refractivity contribution < 1.29 is 4.42 Å². The Morgan fingerprint density at radius 1 is 0.208 bits per heavy atom. The molecule has 0 atom stereocenters. The van der Waals surface area contributed by atoms with E-state index in [-0.39, 0.29) is 0 Å². The van der Waals surface area contributed by atoms with Gasteiger partial charge in [-0.2, -0.15) is 0 Å². The van der Waals surface area contributed by atoms with Crippen LogP contribution in [-0.2, 0) is 0 Å². The number of furan rings is 1. The van der Waals surface area contributed by atoms with Crippen molar-refractivity contribution in [1.82, 2.24) is 43.1 Å². The average Bonchev–Trinajstić information content (AvgIpc) is 1.53. The van der Waals surface area contributed by atoms with Gasteiger partial charge in [-0.3, -0.25) is 13.2 Å². The van der Waals surface area contributed by atoms with Gasteiger partial charge < -0.3 is 4.42 Å². The Bertz CT molecular complexity index is 9610. The molecule has 0 saturated heterocycles. The lowest BCUT2D eigenvalue weighted by molar-refractivity contribution is 0.669. The van der Waals surface area contributed by atoms with Gasteiger partial charge in [0.2, 0.25) is 0 Å². The van der Waals surface area contributed by atoms with Crippen LogP contribution >= 0.6 is 45.3 Å². The zero-order chi connectivity index (χ0) is 77.6. The van der Waals surface area contributed by atoms with E-state index in [1.165, 1.54) is 173 Å². The van der Waals surface area contributed by atoms with Crippen LogP contribution in [-0.4, -0.2) is 43.1 Å². The summed E-state index contributed by atoms with van der Waals surface area (Å²) in [6.07, 6.45) is 0. The van der Waals surface area contributed by atoms with Gasteiger partial charge in [-0.25, -0.2) is 29.9 Å². The molecule has 10 nitrogen and oxygen atoms in total. The lowest BCUT2D eigenvalue weighted by Crippen LogP contribution is -1.89. The standard InChI is InChI=1S/C38H19N3OS.C38H19N3S2.C30H15N3S/c1-5-11-31-22(7-1)26-17-20(13-16-32(26)42-31)21-18-27-24-14-15-25-23-8-2-6-12-33(23)43-37(25)36(24)41-35(27)28(19-21)34-38(41)40-30-10-4-3-9-29(30)39-34;1-6-12-32-22(7-1)25-15-14-24-27-18-21(20-13-16-33-26(17-20)23-8-2-5-11-31(23)42-33)19-28-34-38(40-30-10-4-3-9-29(30)39-34)41(35(27)28)36(24)37(25)43-32;1-2-7-17-16(6-1)12-14-23-26(17)27-24(34-23)15-13-22-25(27)18-8-5-9-19-28-30(33(22)29(18)19)32-21-11-4-3-10-20(21)31-28/h2*1-19H;1-15H. The molecule has 0 saturated carbocycles. The summed E-state index contributed by atoms with van der Waals surface area (Å²) in [6, 6.07) is 115. The van der Waals surface area contributed by atoms with Crippen LogP contribution in [0.3, 0.4) is 0 Å². The maximum absolute atomic E-state index is 6.14. The number of hydrogen-bond donors (Lipinski definition) is 0. The van der Waals surface area contributed by atoms with E-state index >= 15 is 0 Å². The monoisotopic (exact) mass is 1600 g/mol. The van der Waals surface area contributed by atoms with E-state index in [9.17, 15) is 0 Å². The molecule has 0 aliphatic carbocycles. The van der Waals surface area contributed by atoms with Crippen LogP contribution in [0.15, 0.2) is 326 Å². The third-order valence-electron chi connectivity index (χ3n) is 25.5. The Balaban J connectivity index is 0.0000000920. The first-order chi connectivity index (χ1) is 59.5. The molecule has 0 bridgehead atoms. The minimum absolute atomic E-state index is 0.905. The van der Waals surface area contributed by atoms with E-state index in [4.69, 9.17) is 34.3 Å². The third-order valence-corrected chi connectivity index (χ3v) is 30.1. The third kappa shape index (κ3) is 8.62. The zero-order valence-electron chi connectivity index (χ0n) is 63.2. The molecule has 0 N–H and O–H groups in total. The van der Waals surface area contributed by atoms with Crippen LogP contribution < -0.4 is 0 Å². The predicted octanol–water partition coefficient (Wildman–Crippen LogP) is 30.2. The van der Waals surface area contributed by atoms with Crippen molar-refractivity contribution in [2.24, 2.45) is 0 Å². The van der Waals surface area contributed by atoms with Crippen LogP contribution in [0.2, 0.25) is 0 Å². The molecule has 0 aliphatic heterocycles. The van der Waals surface area contributed by atoms with Crippen molar-refractivity contribution in [1.29, 1.82) is 0 Å². The summed E-state index contributed by atoms with van der Waals surface area (Å²) in [7, 11) is 0. The fourth-order valence-corrected chi connectivity index (χ4v) is 25.0. The summed E-state index contributed by atoms with van der Waals surface area (Å²) < 4.78 is 23.8. The average molecular weight is 1600 g/mol. The molecule has 14 heteroatoms. The molecule has 0 aliphatic rings. The Hall–Kier alpha value is -14.9. The Morgan fingerprint density at radius 2 is 0.608 bits per heavy atom. The van der Waals surface area contributed by atoms with Crippen molar-refractivity contribution in [2.45, 2.75) is 0 Å². The summed E-state index contributed by atoms with van der Waals surface area (Å²) in [5.41, 5.74) is 25.0. The molecule has 552 valence electrons. The molecule has 0 spiro atoms. The molecule has 31 rings (SSSR count). The Morgan fingerprint density at radius 3 is 1.22 bits per heavy atom. The van der Waals surface area contributed by atoms with Gasteiger partial charge in [0.05, 0.1) is 75.6 Å². The molecular weight excluding hydrogens is 1540 g/mol. The highest BCUT2D eigenvalue weighted by Crippen LogP contribution is 2.52. The molecule has 0 fully saturated rings. The van der Waals surface area contributed by atoms with E-state index < -0.39 is 0 Å². The number of hydrogen-bond acceptors (Lipinski definition) is 11. The van der Waals surface area contributed by atoms with Crippen LogP contribution in [0.4, 0.5) is 0 Å². The smallest absolute Gasteiger partial charge is 0.165 e. The Kier molecular flexibility index (Phi) is 12.6. The number of nitrogens with zero attached hydrogens (tertiary/aromatic N) is 9. The second-order valence-electron chi connectivity index (χ2n) is 31.8. The van der Waals surface area contributed by atoms with Gasteiger partial charge in [-0.15, -0.1) is 45.3 Å². The molecule has 120 heavy (non-hydrogen) atoms.